The summed E-state index contributed by atoms with van der Waals surface area (Å²) in [5.74, 6) is 0.828. The van der Waals surface area contributed by atoms with Crippen LogP contribution in [0.3, 0.4) is 0 Å². The van der Waals surface area contributed by atoms with Crippen LogP contribution in [0, 0.1) is 0 Å². The molecule has 1 aliphatic carbocycles. The van der Waals surface area contributed by atoms with Crippen LogP contribution in [0.1, 0.15) is 54.9 Å². The number of nitrogens with zero attached hydrogens (tertiary/aromatic N) is 2. The second-order valence-electron chi connectivity index (χ2n) is 8.54. The summed E-state index contributed by atoms with van der Waals surface area (Å²) in [6, 6.07) is 14.3. The lowest BCUT2D eigenvalue weighted by atomic mass is 9.85. The summed E-state index contributed by atoms with van der Waals surface area (Å²) in [6.07, 6.45) is 8.00. The van der Waals surface area contributed by atoms with Crippen molar-refractivity contribution in [2.45, 2.75) is 45.1 Å². The summed E-state index contributed by atoms with van der Waals surface area (Å²) in [7, 11) is 0. The second kappa shape index (κ2) is 8.19. The summed E-state index contributed by atoms with van der Waals surface area (Å²) >= 11 is 0. The van der Waals surface area contributed by atoms with E-state index in [4.69, 9.17) is 4.74 Å². The van der Waals surface area contributed by atoms with E-state index in [0.29, 0.717) is 18.2 Å². The Morgan fingerprint density at radius 3 is 2.80 bits per heavy atom. The molecular formula is C26H28N2O2. The number of likely N-dealkylation sites (tertiary alicyclic amines) is 1. The van der Waals surface area contributed by atoms with Gasteiger partial charge in [0.15, 0.2) is 5.78 Å². The van der Waals surface area contributed by atoms with E-state index in [-0.39, 0.29) is 5.78 Å². The number of hydrogen-bond donors (Lipinski definition) is 0. The molecule has 1 fully saturated rings. The van der Waals surface area contributed by atoms with Gasteiger partial charge >= 0.3 is 0 Å². The number of pyridine rings is 1. The lowest BCUT2D eigenvalue weighted by Gasteiger charge is -2.33. The molecule has 1 unspecified atom stereocenters. The van der Waals surface area contributed by atoms with Crippen LogP contribution < -0.4 is 4.74 Å². The van der Waals surface area contributed by atoms with E-state index < -0.39 is 0 Å². The Morgan fingerprint density at radius 1 is 1.07 bits per heavy atom. The minimum Gasteiger partial charge on any atom is -0.494 e. The van der Waals surface area contributed by atoms with Crippen LogP contribution in [0.5, 0.6) is 5.75 Å². The van der Waals surface area contributed by atoms with Crippen molar-refractivity contribution in [3.63, 3.8) is 0 Å². The summed E-state index contributed by atoms with van der Waals surface area (Å²) in [5, 5.41) is 1.95. The Balaban J connectivity index is 1.30. The van der Waals surface area contributed by atoms with Gasteiger partial charge in [-0.05, 0) is 69.3 Å². The summed E-state index contributed by atoms with van der Waals surface area (Å²) < 4.78 is 6.08. The molecule has 0 radical (unpaired) electrons. The minimum absolute atomic E-state index is 0.0561. The van der Waals surface area contributed by atoms with Crippen LogP contribution in [-0.4, -0.2) is 41.4 Å². The molecule has 2 heterocycles. The monoisotopic (exact) mass is 400 g/mol. The molecule has 4 nitrogen and oxygen atoms in total. The zero-order chi connectivity index (χ0) is 20.5. The molecule has 0 saturated carbocycles. The lowest BCUT2D eigenvalue weighted by molar-refractivity contribution is 0.103. The Kier molecular flexibility index (Phi) is 5.26. The van der Waals surface area contributed by atoms with E-state index in [0.717, 1.165) is 52.7 Å². The summed E-state index contributed by atoms with van der Waals surface area (Å²) in [5.41, 5.74) is 3.23. The quantitative estimate of drug-likeness (QED) is 0.402. The molecule has 5 rings (SSSR count). The van der Waals surface area contributed by atoms with Crippen LogP contribution in [0.4, 0.5) is 0 Å². The smallest absolute Gasteiger partial charge is 0.194 e. The highest BCUT2D eigenvalue weighted by molar-refractivity contribution is 6.25. The van der Waals surface area contributed by atoms with E-state index in [1.165, 1.54) is 25.8 Å². The largest absolute Gasteiger partial charge is 0.494 e. The van der Waals surface area contributed by atoms with Gasteiger partial charge in [-0.1, -0.05) is 30.7 Å². The topological polar surface area (TPSA) is 42.4 Å². The fraction of sp³-hybridized carbons (Fsp3) is 0.385. The summed E-state index contributed by atoms with van der Waals surface area (Å²) in [4.78, 5) is 20.3. The SMILES string of the molecule is CC1CCCCN1CCCCOc1cc2c3c(nccc3c1)-c1ccccc1C2=O. The van der Waals surface area contributed by atoms with Crippen molar-refractivity contribution in [1.82, 2.24) is 9.88 Å². The number of hydrogen-bond acceptors (Lipinski definition) is 4. The molecule has 2 aliphatic rings. The Morgan fingerprint density at radius 2 is 1.93 bits per heavy atom. The van der Waals surface area contributed by atoms with Crippen molar-refractivity contribution in [2.75, 3.05) is 19.7 Å². The Hall–Kier alpha value is -2.72. The molecule has 30 heavy (non-hydrogen) atoms. The molecule has 4 heteroatoms. The average Bonchev–Trinajstić information content (AvgIpc) is 2.78. The van der Waals surface area contributed by atoms with Gasteiger partial charge < -0.3 is 9.64 Å². The first-order valence-electron chi connectivity index (χ1n) is 11.2. The van der Waals surface area contributed by atoms with Gasteiger partial charge in [0, 0.05) is 34.3 Å². The second-order valence-corrected chi connectivity index (χ2v) is 8.54. The van der Waals surface area contributed by atoms with Crippen molar-refractivity contribution in [2.24, 2.45) is 0 Å². The number of piperidine rings is 1. The van der Waals surface area contributed by atoms with E-state index in [2.05, 4.69) is 16.8 Å². The third kappa shape index (κ3) is 3.50. The Bertz CT molecular complexity index is 1090. The van der Waals surface area contributed by atoms with Gasteiger partial charge in [-0.25, -0.2) is 0 Å². The molecule has 3 aromatic rings. The van der Waals surface area contributed by atoms with Crippen LogP contribution in [0.2, 0.25) is 0 Å². The van der Waals surface area contributed by atoms with Crippen molar-refractivity contribution in [1.29, 1.82) is 0 Å². The standard InChI is InChI=1S/C26H28N2O2/c1-18-8-4-5-13-28(18)14-6-7-15-30-20-16-19-11-12-27-25-21-9-2-3-10-22(21)26(29)23(17-20)24(19)25/h2-3,9-12,16-18H,4-8,13-15H2,1H3. The average molecular weight is 401 g/mol. The molecule has 0 N–H and O–H groups in total. The van der Waals surface area contributed by atoms with Crippen molar-refractivity contribution in [3.05, 3.63) is 59.8 Å². The molecule has 1 aliphatic heterocycles. The van der Waals surface area contributed by atoms with Crippen LogP contribution in [-0.2, 0) is 0 Å². The first kappa shape index (κ1) is 19.3. The van der Waals surface area contributed by atoms with Gasteiger partial charge in [0.2, 0.25) is 0 Å². The highest BCUT2D eigenvalue weighted by Crippen LogP contribution is 2.39. The lowest BCUT2D eigenvalue weighted by Crippen LogP contribution is -2.38. The maximum absolute atomic E-state index is 13.1. The minimum atomic E-state index is 0.0561. The van der Waals surface area contributed by atoms with Crippen molar-refractivity contribution < 1.29 is 9.53 Å². The molecule has 1 atom stereocenters. The number of rotatable bonds is 6. The molecule has 0 amide bonds. The van der Waals surface area contributed by atoms with Crippen molar-refractivity contribution in [3.8, 4) is 17.0 Å². The highest BCUT2D eigenvalue weighted by Gasteiger charge is 2.26. The fourth-order valence-corrected chi connectivity index (χ4v) is 4.89. The highest BCUT2D eigenvalue weighted by atomic mass is 16.5. The van der Waals surface area contributed by atoms with Crippen LogP contribution >= 0.6 is 0 Å². The maximum atomic E-state index is 13.1. The molecule has 1 aromatic heterocycles. The number of aromatic nitrogens is 1. The van der Waals surface area contributed by atoms with E-state index in [1.54, 1.807) is 0 Å². The number of ether oxygens (including phenoxy) is 1. The van der Waals surface area contributed by atoms with Gasteiger partial charge in [-0.3, -0.25) is 9.78 Å². The van der Waals surface area contributed by atoms with Gasteiger partial charge in [-0.2, -0.15) is 0 Å². The number of carbonyl (C=O) groups is 1. The normalized spacial score (nSPS) is 18.4. The molecule has 0 bridgehead atoms. The maximum Gasteiger partial charge on any atom is 0.194 e. The van der Waals surface area contributed by atoms with Crippen molar-refractivity contribution >= 4 is 16.6 Å². The third-order valence-corrected chi connectivity index (χ3v) is 6.56. The number of unbranched alkanes of at least 4 members (excludes halogenated alkanes) is 1. The van der Waals surface area contributed by atoms with E-state index in [9.17, 15) is 4.79 Å². The zero-order valence-corrected chi connectivity index (χ0v) is 17.6. The van der Waals surface area contributed by atoms with E-state index >= 15 is 0 Å². The number of ketones is 1. The van der Waals surface area contributed by atoms with Gasteiger partial charge in [-0.15, -0.1) is 0 Å². The predicted molar refractivity (Wildman–Crippen MR) is 120 cm³/mol. The summed E-state index contributed by atoms with van der Waals surface area (Å²) in [6.45, 7) is 5.40. The van der Waals surface area contributed by atoms with Crippen LogP contribution in [0.15, 0.2) is 48.7 Å². The zero-order valence-electron chi connectivity index (χ0n) is 17.6. The third-order valence-electron chi connectivity index (χ3n) is 6.56. The van der Waals surface area contributed by atoms with Crippen LogP contribution in [0.25, 0.3) is 22.0 Å². The first-order valence-corrected chi connectivity index (χ1v) is 11.2. The van der Waals surface area contributed by atoms with Gasteiger partial charge in [0.1, 0.15) is 5.75 Å². The number of benzene rings is 2. The predicted octanol–water partition coefficient (Wildman–Crippen LogP) is 5.48. The first-order chi connectivity index (χ1) is 14.7. The molecule has 2 aromatic carbocycles. The fourth-order valence-electron chi connectivity index (χ4n) is 4.89. The van der Waals surface area contributed by atoms with Gasteiger partial charge in [0.05, 0.1) is 12.3 Å². The van der Waals surface area contributed by atoms with Gasteiger partial charge in [0.25, 0.3) is 0 Å². The molecular weight excluding hydrogens is 372 g/mol. The number of fused-ring (bicyclic) bond motifs is 2. The molecule has 1 saturated heterocycles. The molecule has 0 spiro atoms. The van der Waals surface area contributed by atoms with E-state index in [1.807, 2.05) is 48.7 Å². The number of carbonyl (C=O) groups excluding carboxylic acids is 1. The molecule has 154 valence electrons. The Labute approximate surface area is 177 Å².